The highest BCUT2D eigenvalue weighted by molar-refractivity contribution is 8.00. The molecule has 10 heteroatoms. The van der Waals surface area contributed by atoms with Gasteiger partial charge in [0.05, 0.1) is 16.5 Å². The zero-order chi connectivity index (χ0) is 30.8. The van der Waals surface area contributed by atoms with Crippen molar-refractivity contribution in [2.45, 2.75) is 22.7 Å². The van der Waals surface area contributed by atoms with E-state index in [0.717, 1.165) is 5.56 Å². The van der Waals surface area contributed by atoms with Crippen LogP contribution in [0.1, 0.15) is 32.4 Å². The maximum absolute atomic E-state index is 13.7. The molecular weight excluding hydrogens is 623 g/mol. The molecule has 7 nitrogen and oxygen atoms in total. The number of ether oxygens (including phenoxy) is 1. The number of rotatable bonds is 10. The zero-order valence-electron chi connectivity index (χ0n) is 23.7. The van der Waals surface area contributed by atoms with Gasteiger partial charge in [0, 0.05) is 5.75 Å². The third-order valence-electron chi connectivity index (χ3n) is 7.45. The third-order valence-corrected chi connectivity index (χ3v) is 10.4. The molecule has 6 aromatic rings. The number of aliphatic hydroxyl groups is 1. The Morgan fingerprint density at radius 1 is 0.911 bits per heavy atom. The van der Waals surface area contributed by atoms with E-state index in [1.165, 1.54) is 55.7 Å². The van der Waals surface area contributed by atoms with Crippen LogP contribution in [0, 0.1) is 0 Å². The van der Waals surface area contributed by atoms with Gasteiger partial charge in [0.25, 0.3) is 5.91 Å². The van der Waals surface area contributed by atoms with Crippen molar-refractivity contribution in [3.05, 3.63) is 147 Å². The first kappa shape index (κ1) is 29.0. The summed E-state index contributed by atoms with van der Waals surface area (Å²) in [4.78, 5) is 29.2. The molecule has 222 valence electrons. The molecule has 0 radical (unpaired) electrons. The molecule has 7 rings (SSSR count). The van der Waals surface area contributed by atoms with Crippen molar-refractivity contribution in [3.63, 3.8) is 0 Å². The van der Waals surface area contributed by atoms with Gasteiger partial charge >= 0.3 is 0 Å². The molecule has 0 saturated heterocycles. The topological polar surface area (TPSA) is 92.6 Å². The summed E-state index contributed by atoms with van der Waals surface area (Å²) in [6.07, 6.45) is 0. The van der Waals surface area contributed by atoms with Crippen molar-refractivity contribution in [3.8, 4) is 5.75 Å². The second-order valence-electron chi connectivity index (χ2n) is 10.3. The van der Waals surface area contributed by atoms with Gasteiger partial charge in [0.2, 0.25) is 10.9 Å². The van der Waals surface area contributed by atoms with Crippen molar-refractivity contribution in [1.82, 2.24) is 10.2 Å². The SMILES string of the molecule is O=C(C1=C(O)C(=O)N(c2nnc(SCc3cccc4ccccc34)s2)C1c1cccc(OCc2ccccc2)c1)c1cccs1. The van der Waals surface area contributed by atoms with Crippen LogP contribution in [0.4, 0.5) is 5.13 Å². The van der Waals surface area contributed by atoms with Gasteiger partial charge in [0.15, 0.2) is 10.1 Å². The number of thiophene rings is 1. The molecule has 4 aromatic carbocycles. The molecule has 0 spiro atoms. The smallest absolute Gasteiger partial charge is 0.296 e. The van der Waals surface area contributed by atoms with Crippen LogP contribution in [-0.4, -0.2) is 27.0 Å². The van der Waals surface area contributed by atoms with E-state index < -0.39 is 23.5 Å². The lowest BCUT2D eigenvalue weighted by atomic mass is 9.95. The monoisotopic (exact) mass is 647 g/mol. The van der Waals surface area contributed by atoms with Crippen molar-refractivity contribution >= 4 is 62.0 Å². The maximum atomic E-state index is 13.7. The second-order valence-corrected chi connectivity index (χ2v) is 13.4. The number of ketones is 1. The number of aliphatic hydroxyl groups excluding tert-OH is 1. The lowest BCUT2D eigenvalue weighted by Crippen LogP contribution is -2.31. The summed E-state index contributed by atoms with van der Waals surface area (Å²) >= 11 is 4.03. The summed E-state index contributed by atoms with van der Waals surface area (Å²) in [5, 5.41) is 24.3. The van der Waals surface area contributed by atoms with Crippen LogP contribution >= 0.6 is 34.4 Å². The van der Waals surface area contributed by atoms with E-state index in [9.17, 15) is 14.7 Å². The molecule has 0 bridgehead atoms. The summed E-state index contributed by atoms with van der Waals surface area (Å²) in [6.45, 7) is 0.355. The van der Waals surface area contributed by atoms with Gasteiger partial charge in [-0.15, -0.1) is 21.5 Å². The summed E-state index contributed by atoms with van der Waals surface area (Å²) in [5.74, 6) is -0.457. The van der Waals surface area contributed by atoms with E-state index >= 15 is 0 Å². The molecule has 1 aliphatic rings. The highest BCUT2D eigenvalue weighted by atomic mass is 32.2. The van der Waals surface area contributed by atoms with Crippen LogP contribution in [-0.2, 0) is 17.2 Å². The van der Waals surface area contributed by atoms with Crippen molar-refractivity contribution in [2.75, 3.05) is 4.90 Å². The number of hydrogen-bond acceptors (Lipinski definition) is 9. The molecule has 2 aromatic heterocycles. The minimum Gasteiger partial charge on any atom is -0.503 e. The van der Waals surface area contributed by atoms with Gasteiger partial charge in [-0.3, -0.25) is 14.5 Å². The predicted molar refractivity (Wildman–Crippen MR) is 179 cm³/mol. The number of thioether (sulfide) groups is 1. The number of aromatic nitrogens is 2. The number of amides is 1. The summed E-state index contributed by atoms with van der Waals surface area (Å²) in [6, 6.07) is 34.0. The molecule has 1 aliphatic heterocycles. The number of fused-ring (bicyclic) bond motifs is 1. The van der Waals surface area contributed by atoms with Gasteiger partial charge < -0.3 is 9.84 Å². The lowest BCUT2D eigenvalue weighted by molar-refractivity contribution is -0.117. The number of benzene rings is 4. The fraction of sp³-hybridized carbons (Fsp3) is 0.0857. The van der Waals surface area contributed by atoms with E-state index in [0.29, 0.717) is 38.0 Å². The Bertz CT molecular complexity index is 2030. The van der Waals surface area contributed by atoms with Crippen LogP contribution in [0.3, 0.4) is 0 Å². The number of carbonyl (C=O) groups excluding carboxylic acids is 2. The standard InChI is InChI=1S/C35H25N3O4S3/c39-31(28-17-8-18-43-28)29-30(24-13-7-15-26(19-24)42-20-22-9-2-1-3-10-22)38(33(41)32(29)40)34-36-37-35(45-34)44-21-25-14-6-12-23-11-4-5-16-27(23)25/h1-19,30,40H,20-21H2. The maximum Gasteiger partial charge on any atom is 0.296 e. The Hall–Kier alpha value is -4.77. The van der Waals surface area contributed by atoms with E-state index in [4.69, 9.17) is 4.74 Å². The second kappa shape index (κ2) is 12.7. The lowest BCUT2D eigenvalue weighted by Gasteiger charge is -2.24. The first-order valence-corrected chi connectivity index (χ1v) is 16.8. The molecule has 1 unspecified atom stereocenters. The zero-order valence-corrected chi connectivity index (χ0v) is 26.1. The molecule has 0 saturated carbocycles. The Labute approximate surface area is 271 Å². The van der Waals surface area contributed by atoms with Gasteiger partial charge in [-0.2, -0.15) is 0 Å². The molecule has 0 fully saturated rings. The van der Waals surface area contributed by atoms with Gasteiger partial charge in [0.1, 0.15) is 12.4 Å². The summed E-state index contributed by atoms with van der Waals surface area (Å²) in [5.41, 5.74) is 2.79. The molecule has 1 amide bonds. The number of hydrogen-bond donors (Lipinski definition) is 1. The Morgan fingerprint density at radius 2 is 1.71 bits per heavy atom. The van der Waals surface area contributed by atoms with Crippen molar-refractivity contribution in [2.24, 2.45) is 0 Å². The minimum absolute atomic E-state index is 0.00261. The number of nitrogens with zero attached hydrogens (tertiary/aromatic N) is 3. The van der Waals surface area contributed by atoms with Gasteiger partial charge in [-0.1, -0.05) is 114 Å². The Morgan fingerprint density at radius 3 is 2.56 bits per heavy atom. The Balaban J connectivity index is 1.20. The van der Waals surface area contributed by atoms with E-state index in [1.54, 1.807) is 23.6 Å². The number of carbonyl (C=O) groups is 2. The van der Waals surface area contributed by atoms with Crippen LogP contribution in [0.5, 0.6) is 5.75 Å². The largest absolute Gasteiger partial charge is 0.503 e. The predicted octanol–water partition coefficient (Wildman–Crippen LogP) is 8.41. The van der Waals surface area contributed by atoms with Gasteiger partial charge in [-0.25, -0.2) is 0 Å². The fourth-order valence-corrected chi connectivity index (χ4v) is 7.87. The first-order chi connectivity index (χ1) is 22.1. The number of anilines is 1. The molecule has 1 N–H and O–H groups in total. The van der Waals surface area contributed by atoms with Crippen LogP contribution < -0.4 is 9.64 Å². The van der Waals surface area contributed by atoms with E-state index in [2.05, 4.69) is 34.5 Å². The summed E-state index contributed by atoms with van der Waals surface area (Å²) in [7, 11) is 0. The van der Waals surface area contributed by atoms with E-state index in [-0.39, 0.29) is 5.57 Å². The molecule has 3 heterocycles. The fourth-order valence-electron chi connectivity index (χ4n) is 5.32. The molecule has 0 aliphatic carbocycles. The third kappa shape index (κ3) is 5.87. The summed E-state index contributed by atoms with van der Waals surface area (Å²) < 4.78 is 6.74. The molecule has 45 heavy (non-hydrogen) atoms. The highest BCUT2D eigenvalue weighted by Gasteiger charge is 2.46. The van der Waals surface area contributed by atoms with E-state index in [1.807, 2.05) is 66.7 Å². The van der Waals surface area contributed by atoms with Crippen LogP contribution in [0.2, 0.25) is 0 Å². The van der Waals surface area contributed by atoms with Crippen molar-refractivity contribution < 1.29 is 19.4 Å². The van der Waals surface area contributed by atoms with Crippen LogP contribution in [0.15, 0.2) is 130 Å². The quantitative estimate of drug-likeness (QED) is 0.0907. The average molecular weight is 648 g/mol. The minimum atomic E-state index is -0.920. The van der Waals surface area contributed by atoms with Crippen molar-refractivity contribution in [1.29, 1.82) is 0 Å². The first-order valence-electron chi connectivity index (χ1n) is 14.1. The average Bonchev–Trinajstić information content (AvgIpc) is 3.84. The Kier molecular flexibility index (Phi) is 8.17. The normalized spacial score (nSPS) is 14.8. The van der Waals surface area contributed by atoms with Gasteiger partial charge in [-0.05, 0) is 51.0 Å². The number of Topliss-reactive ketones (excluding diaryl/α,β-unsaturated/α-hetero) is 1. The molecule has 1 atom stereocenters. The van der Waals surface area contributed by atoms with Crippen LogP contribution in [0.25, 0.3) is 10.8 Å². The molecular formula is C35H25N3O4S3. The highest BCUT2D eigenvalue weighted by Crippen LogP contribution is 2.45.